The zero-order chi connectivity index (χ0) is 10.7. The van der Waals surface area contributed by atoms with E-state index in [2.05, 4.69) is 18.7 Å². The summed E-state index contributed by atoms with van der Waals surface area (Å²) in [5, 5.41) is 0. The van der Waals surface area contributed by atoms with E-state index < -0.39 is 6.17 Å². The monoisotopic (exact) mass is 211 g/mol. The van der Waals surface area contributed by atoms with Gasteiger partial charge in [0.2, 0.25) is 0 Å². The van der Waals surface area contributed by atoms with Crippen LogP contribution in [-0.4, -0.2) is 29.7 Å². The number of hydrogen-bond acceptors (Lipinski definition) is 1. The third-order valence-corrected chi connectivity index (χ3v) is 4.81. The molecule has 0 aromatic rings. The Bertz CT molecular complexity index is 278. The van der Waals surface area contributed by atoms with Gasteiger partial charge in [0, 0.05) is 17.5 Å². The summed E-state index contributed by atoms with van der Waals surface area (Å²) in [5.41, 5.74) is 0.504. The van der Waals surface area contributed by atoms with E-state index in [0.29, 0.717) is 5.54 Å². The Morgan fingerprint density at radius 1 is 1.47 bits per heavy atom. The van der Waals surface area contributed by atoms with E-state index in [4.69, 9.17) is 0 Å². The molecule has 3 aliphatic rings. The van der Waals surface area contributed by atoms with Crippen LogP contribution in [0.5, 0.6) is 0 Å². The molecule has 1 saturated carbocycles. The molecule has 86 valence electrons. The van der Waals surface area contributed by atoms with Crippen LogP contribution in [0.15, 0.2) is 0 Å². The average Bonchev–Trinajstić information content (AvgIpc) is 2.47. The van der Waals surface area contributed by atoms with Gasteiger partial charge in [-0.15, -0.1) is 0 Å². The molecule has 2 heteroatoms. The predicted octanol–water partition coefficient (Wildman–Crippen LogP) is 3.00. The fraction of sp³-hybridized carbons (Fsp3) is 1.00. The van der Waals surface area contributed by atoms with Crippen molar-refractivity contribution in [2.75, 3.05) is 13.1 Å². The van der Waals surface area contributed by atoms with Gasteiger partial charge in [0.1, 0.15) is 6.17 Å². The summed E-state index contributed by atoms with van der Waals surface area (Å²) >= 11 is 0. The van der Waals surface area contributed by atoms with Crippen molar-refractivity contribution in [3.8, 4) is 0 Å². The van der Waals surface area contributed by atoms with E-state index in [1.807, 2.05) is 0 Å². The molecule has 2 heterocycles. The molecule has 3 fully saturated rings. The number of halogens is 1. The molecule has 0 aromatic heterocycles. The second-order valence-corrected chi connectivity index (χ2v) is 6.56. The molecule has 1 spiro atoms. The van der Waals surface area contributed by atoms with Crippen molar-refractivity contribution < 1.29 is 4.39 Å². The molecule has 15 heavy (non-hydrogen) atoms. The summed E-state index contributed by atoms with van der Waals surface area (Å²) in [6.07, 6.45) is 5.45. The first-order valence-corrected chi connectivity index (χ1v) is 6.46. The Morgan fingerprint density at radius 2 is 2.20 bits per heavy atom. The standard InChI is InChI=1S/C13H22FN/c1-10(2)6-13-4-3-5-15(13)9-12(8-13)7-11(12)14/h10-11H,3-9H2,1-2H3/t11-,12-,13+/m0/s1. The van der Waals surface area contributed by atoms with Crippen molar-refractivity contribution in [1.29, 1.82) is 0 Å². The van der Waals surface area contributed by atoms with Gasteiger partial charge in [-0.1, -0.05) is 13.8 Å². The molecule has 1 nitrogen and oxygen atoms in total. The molecule has 3 atom stereocenters. The van der Waals surface area contributed by atoms with Crippen molar-refractivity contribution in [3.63, 3.8) is 0 Å². The molecule has 0 N–H and O–H groups in total. The van der Waals surface area contributed by atoms with Gasteiger partial charge in [-0.05, 0) is 44.6 Å². The second kappa shape index (κ2) is 2.97. The SMILES string of the molecule is CC(C)C[C@@]12CCCN1C[C@]1(C[C@@H]1F)C2. The number of hydrogen-bond donors (Lipinski definition) is 0. The van der Waals surface area contributed by atoms with Crippen LogP contribution in [0.2, 0.25) is 0 Å². The fourth-order valence-electron chi connectivity index (χ4n) is 4.24. The molecule has 0 amide bonds. The van der Waals surface area contributed by atoms with Crippen LogP contribution in [-0.2, 0) is 0 Å². The van der Waals surface area contributed by atoms with Gasteiger partial charge < -0.3 is 0 Å². The summed E-state index contributed by atoms with van der Waals surface area (Å²) in [7, 11) is 0. The first-order valence-electron chi connectivity index (χ1n) is 6.46. The Morgan fingerprint density at radius 3 is 2.80 bits per heavy atom. The molecule has 0 bridgehead atoms. The van der Waals surface area contributed by atoms with Crippen LogP contribution in [0, 0.1) is 11.3 Å². The van der Waals surface area contributed by atoms with E-state index in [9.17, 15) is 4.39 Å². The highest BCUT2D eigenvalue weighted by Gasteiger charge is 2.66. The first-order chi connectivity index (χ1) is 7.06. The van der Waals surface area contributed by atoms with E-state index in [-0.39, 0.29) is 5.41 Å². The van der Waals surface area contributed by atoms with Crippen molar-refractivity contribution in [1.82, 2.24) is 4.90 Å². The quantitative estimate of drug-likeness (QED) is 0.678. The van der Waals surface area contributed by atoms with Crippen LogP contribution >= 0.6 is 0 Å². The molecule has 0 radical (unpaired) electrons. The van der Waals surface area contributed by atoms with Crippen molar-refractivity contribution in [2.24, 2.45) is 11.3 Å². The zero-order valence-corrected chi connectivity index (χ0v) is 9.93. The van der Waals surface area contributed by atoms with Crippen molar-refractivity contribution >= 4 is 0 Å². The van der Waals surface area contributed by atoms with Crippen molar-refractivity contribution in [3.05, 3.63) is 0 Å². The summed E-state index contributed by atoms with van der Waals surface area (Å²) in [6, 6.07) is 0. The van der Waals surface area contributed by atoms with Gasteiger partial charge in [0.05, 0.1) is 0 Å². The Balaban J connectivity index is 1.80. The van der Waals surface area contributed by atoms with Crippen LogP contribution in [0.1, 0.15) is 46.0 Å². The predicted molar refractivity (Wildman–Crippen MR) is 59.6 cm³/mol. The number of alkyl halides is 1. The van der Waals surface area contributed by atoms with Gasteiger partial charge in [0.25, 0.3) is 0 Å². The molecule has 1 aliphatic carbocycles. The maximum atomic E-state index is 13.5. The smallest absolute Gasteiger partial charge is 0.108 e. The summed E-state index contributed by atoms with van der Waals surface area (Å²) < 4.78 is 13.5. The average molecular weight is 211 g/mol. The highest BCUT2D eigenvalue weighted by atomic mass is 19.1. The van der Waals surface area contributed by atoms with Gasteiger partial charge >= 0.3 is 0 Å². The number of nitrogens with zero attached hydrogens (tertiary/aromatic N) is 1. The normalized spacial score (nSPS) is 49.2. The number of rotatable bonds is 2. The third kappa shape index (κ3) is 1.37. The van der Waals surface area contributed by atoms with Crippen LogP contribution in [0.4, 0.5) is 4.39 Å². The van der Waals surface area contributed by atoms with E-state index >= 15 is 0 Å². The van der Waals surface area contributed by atoms with Crippen LogP contribution in [0.3, 0.4) is 0 Å². The van der Waals surface area contributed by atoms with Gasteiger partial charge in [-0.25, -0.2) is 4.39 Å². The van der Waals surface area contributed by atoms with Gasteiger partial charge in [0.15, 0.2) is 0 Å². The van der Waals surface area contributed by atoms with E-state index in [1.54, 1.807) is 0 Å². The van der Waals surface area contributed by atoms with Crippen molar-refractivity contribution in [2.45, 2.75) is 57.7 Å². The first kappa shape index (κ1) is 10.1. The molecule has 2 aliphatic heterocycles. The zero-order valence-electron chi connectivity index (χ0n) is 9.93. The Labute approximate surface area is 92.0 Å². The van der Waals surface area contributed by atoms with E-state index in [0.717, 1.165) is 25.3 Å². The molecule has 0 aromatic carbocycles. The molecular weight excluding hydrogens is 189 g/mol. The summed E-state index contributed by atoms with van der Waals surface area (Å²) in [4.78, 5) is 2.62. The third-order valence-electron chi connectivity index (χ3n) is 4.81. The lowest BCUT2D eigenvalue weighted by atomic mass is 9.82. The Hall–Kier alpha value is -0.110. The van der Waals surface area contributed by atoms with Gasteiger partial charge in [-0.2, -0.15) is 0 Å². The summed E-state index contributed by atoms with van der Waals surface area (Å²) in [6.45, 7) is 6.88. The highest BCUT2D eigenvalue weighted by molar-refractivity contribution is 5.18. The minimum atomic E-state index is -0.480. The minimum Gasteiger partial charge on any atom is -0.297 e. The molecule has 2 saturated heterocycles. The minimum absolute atomic E-state index is 0.106. The second-order valence-electron chi connectivity index (χ2n) is 6.56. The molecular formula is C13H22FN. The van der Waals surface area contributed by atoms with Gasteiger partial charge in [-0.3, -0.25) is 4.90 Å². The Kier molecular flexibility index (Phi) is 1.99. The largest absolute Gasteiger partial charge is 0.297 e. The van der Waals surface area contributed by atoms with Crippen LogP contribution in [0.25, 0.3) is 0 Å². The lowest BCUT2D eigenvalue weighted by Gasteiger charge is -2.33. The topological polar surface area (TPSA) is 3.24 Å². The van der Waals surface area contributed by atoms with E-state index in [1.165, 1.54) is 25.8 Å². The lowest BCUT2D eigenvalue weighted by Crippen LogP contribution is -2.39. The molecule has 3 rings (SSSR count). The fourth-order valence-corrected chi connectivity index (χ4v) is 4.24. The lowest BCUT2D eigenvalue weighted by molar-refractivity contribution is 0.163. The molecule has 0 unspecified atom stereocenters. The number of fused-ring (bicyclic) bond motifs is 1. The maximum absolute atomic E-state index is 13.5. The maximum Gasteiger partial charge on any atom is 0.108 e. The highest BCUT2D eigenvalue weighted by Crippen LogP contribution is 2.63. The van der Waals surface area contributed by atoms with Crippen LogP contribution < -0.4 is 0 Å². The summed E-state index contributed by atoms with van der Waals surface area (Å²) in [5.74, 6) is 0.748.